The highest BCUT2D eigenvalue weighted by Crippen LogP contribution is 2.75. The first kappa shape index (κ1) is 32.2. The van der Waals surface area contributed by atoms with Gasteiger partial charge in [0.2, 0.25) is 0 Å². The molecule has 0 saturated heterocycles. The van der Waals surface area contributed by atoms with Gasteiger partial charge in [-0.1, -0.05) is 59.3 Å². The Balaban J connectivity index is 1.58. The third-order valence-corrected chi connectivity index (χ3v) is 14.5. The van der Waals surface area contributed by atoms with E-state index in [0.29, 0.717) is 30.8 Å². The lowest BCUT2D eigenvalue weighted by Gasteiger charge is -2.72. The number of aliphatic hydroxyl groups excluding tert-OH is 5. The number of hydrogen-bond acceptors (Lipinski definition) is 7. The zero-order valence-electron chi connectivity index (χ0n) is 27.1. The monoisotopic (exact) mass is 588 g/mol. The summed E-state index contributed by atoms with van der Waals surface area (Å²) in [5.41, 5.74) is -1.25. The standard InChI is InChI=1S/C35H56O7/c1-9-20(2)29(41)42-28-27(40)35(19-37)22(16-30(28,3)4)21-10-11-24-31(5)14-13-25(38)32(6,18-36)23(31)12-15-33(24,7)34(21,8)17-26(35)39/h9-10,22-28,36-40H,11-19H2,1-8H3/b20-9-/t22-,23+,24+,25?,26?,27?,28?,31-,32+,33+,34+,35-/m0/s1. The predicted octanol–water partition coefficient (Wildman–Crippen LogP) is 4.54. The molecule has 12 atom stereocenters. The molecule has 4 saturated carbocycles. The van der Waals surface area contributed by atoms with Crippen molar-refractivity contribution in [1.29, 1.82) is 0 Å². The molecular weight excluding hydrogens is 532 g/mol. The van der Waals surface area contributed by atoms with E-state index >= 15 is 0 Å². The first-order chi connectivity index (χ1) is 19.4. The molecule has 0 aromatic heterocycles. The van der Waals surface area contributed by atoms with E-state index in [1.165, 1.54) is 5.57 Å². The summed E-state index contributed by atoms with van der Waals surface area (Å²) in [6.45, 7) is 16.2. The Kier molecular flexibility index (Phi) is 7.76. The lowest BCUT2D eigenvalue weighted by molar-refractivity contribution is -0.262. The van der Waals surface area contributed by atoms with Gasteiger partial charge < -0.3 is 30.3 Å². The number of carbonyl (C=O) groups is 1. The van der Waals surface area contributed by atoms with Crippen LogP contribution in [0, 0.1) is 50.2 Å². The van der Waals surface area contributed by atoms with E-state index in [1.807, 2.05) is 13.8 Å². The number of hydrogen-bond donors (Lipinski definition) is 5. The molecule has 0 bridgehead atoms. The number of rotatable bonds is 4. The SMILES string of the molecule is C/C=C(/C)C(=O)OC1C(O)[C@]2(CO)C(O)C[C@]3(C)C(=CC[C@@H]4[C@@]5(C)CCC(O)[C@](C)(CO)[C@@H]5CC[C@]43C)[C@@H]2CC1(C)C. The van der Waals surface area contributed by atoms with Crippen molar-refractivity contribution >= 4 is 5.97 Å². The van der Waals surface area contributed by atoms with Crippen molar-refractivity contribution in [2.45, 2.75) is 125 Å². The molecule has 238 valence electrons. The second kappa shape index (κ2) is 10.1. The molecule has 5 aliphatic carbocycles. The van der Waals surface area contributed by atoms with E-state index in [1.54, 1.807) is 19.9 Å². The predicted molar refractivity (Wildman–Crippen MR) is 161 cm³/mol. The summed E-state index contributed by atoms with van der Waals surface area (Å²) in [5.74, 6) is -0.241. The number of allylic oxidation sites excluding steroid dienone is 3. The van der Waals surface area contributed by atoms with E-state index < -0.39 is 53.2 Å². The Hall–Kier alpha value is -1.25. The van der Waals surface area contributed by atoms with E-state index in [9.17, 15) is 30.3 Å². The summed E-state index contributed by atoms with van der Waals surface area (Å²) < 4.78 is 5.93. The van der Waals surface area contributed by atoms with Crippen LogP contribution in [-0.2, 0) is 9.53 Å². The van der Waals surface area contributed by atoms with Crippen molar-refractivity contribution in [3.8, 4) is 0 Å². The zero-order chi connectivity index (χ0) is 31.3. The topological polar surface area (TPSA) is 127 Å². The van der Waals surface area contributed by atoms with Crippen molar-refractivity contribution in [3.63, 3.8) is 0 Å². The normalized spacial score (nSPS) is 51.8. The van der Waals surface area contributed by atoms with E-state index in [-0.39, 0.29) is 34.7 Å². The fourth-order valence-electron chi connectivity index (χ4n) is 11.5. The smallest absolute Gasteiger partial charge is 0.333 e. The minimum absolute atomic E-state index is 0.0255. The summed E-state index contributed by atoms with van der Waals surface area (Å²) in [5, 5.41) is 56.6. The molecule has 0 aliphatic heterocycles. The van der Waals surface area contributed by atoms with E-state index in [2.05, 4.69) is 33.8 Å². The maximum absolute atomic E-state index is 12.9. The minimum atomic E-state index is -1.23. The van der Waals surface area contributed by atoms with Gasteiger partial charge >= 0.3 is 5.97 Å². The summed E-state index contributed by atoms with van der Waals surface area (Å²) in [6, 6.07) is 0. The molecular formula is C35H56O7. The Labute approximate surface area is 252 Å². The van der Waals surface area contributed by atoms with Gasteiger partial charge in [0.25, 0.3) is 0 Å². The van der Waals surface area contributed by atoms with E-state index in [4.69, 9.17) is 4.74 Å². The third-order valence-electron chi connectivity index (χ3n) is 14.5. The summed E-state index contributed by atoms with van der Waals surface area (Å²) in [6.07, 6.45) is 5.72. The molecule has 42 heavy (non-hydrogen) atoms. The molecule has 7 nitrogen and oxygen atoms in total. The molecule has 0 spiro atoms. The molecule has 0 aromatic carbocycles. The lowest BCUT2D eigenvalue weighted by Crippen LogP contribution is -2.72. The minimum Gasteiger partial charge on any atom is -0.456 e. The Morgan fingerprint density at radius 3 is 2.21 bits per heavy atom. The van der Waals surface area contributed by atoms with Gasteiger partial charge in [0.05, 0.1) is 30.8 Å². The van der Waals surface area contributed by atoms with Gasteiger partial charge in [-0.3, -0.25) is 0 Å². The fraction of sp³-hybridized carbons (Fsp3) is 0.857. The van der Waals surface area contributed by atoms with Gasteiger partial charge in [-0.05, 0) is 92.8 Å². The summed E-state index contributed by atoms with van der Waals surface area (Å²) in [7, 11) is 0. The fourth-order valence-corrected chi connectivity index (χ4v) is 11.5. The zero-order valence-corrected chi connectivity index (χ0v) is 27.1. The molecule has 0 heterocycles. The van der Waals surface area contributed by atoms with Crippen molar-refractivity contribution in [2.24, 2.45) is 50.2 Å². The second-order valence-corrected chi connectivity index (χ2v) is 16.5. The largest absolute Gasteiger partial charge is 0.456 e. The molecule has 4 fully saturated rings. The van der Waals surface area contributed by atoms with Crippen molar-refractivity contribution in [2.75, 3.05) is 13.2 Å². The lowest BCUT2D eigenvalue weighted by atomic mass is 9.33. The van der Waals surface area contributed by atoms with E-state index in [0.717, 1.165) is 25.7 Å². The number of carbonyl (C=O) groups excluding carboxylic acids is 1. The number of aliphatic hydroxyl groups is 5. The maximum Gasteiger partial charge on any atom is 0.333 e. The summed E-state index contributed by atoms with van der Waals surface area (Å²) in [4.78, 5) is 12.9. The van der Waals surface area contributed by atoms with Crippen LogP contribution in [0.1, 0.15) is 100 Å². The highest BCUT2D eigenvalue weighted by atomic mass is 16.6. The molecule has 5 aliphatic rings. The van der Waals surface area contributed by atoms with Gasteiger partial charge in [0.15, 0.2) is 0 Å². The van der Waals surface area contributed by atoms with Crippen LogP contribution in [-0.4, -0.2) is 69.1 Å². The van der Waals surface area contributed by atoms with Crippen LogP contribution in [0.3, 0.4) is 0 Å². The van der Waals surface area contributed by atoms with Gasteiger partial charge in [0.1, 0.15) is 12.2 Å². The van der Waals surface area contributed by atoms with Crippen molar-refractivity contribution in [3.05, 3.63) is 23.3 Å². The molecule has 0 radical (unpaired) electrons. The van der Waals surface area contributed by atoms with Crippen molar-refractivity contribution < 1.29 is 35.1 Å². The molecule has 0 amide bonds. The maximum atomic E-state index is 12.9. The number of esters is 1. The molecule has 5 N–H and O–H groups in total. The highest BCUT2D eigenvalue weighted by molar-refractivity contribution is 5.87. The average molecular weight is 589 g/mol. The molecule has 7 heteroatoms. The first-order valence-corrected chi connectivity index (χ1v) is 16.2. The Morgan fingerprint density at radius 2 is 1.62 bits per heavy atom. The second-order valence-electron chi connectivity index (χ2n) is 16.5. The van der Waals surface area contributed by atoms with Gasteiger partial charge in [-0.2, -0.15) is 0 Å². The van der Waals surface area contributed by atoms with Crippen LogP contribution >= 0.6 is 0 Å². The molecule has 0 aromatic rings. The third kappa shape index (κ3) is 3.92. The van der Waals surface area contributed by atoms with Crippen LogP contribution in [0.4, 0.5) is 0 Å². The highest BCUT2D eigenvalue weighted by Gasteiger charge is 2.72. The van der Waals surface area contributed by atoms with Crippen molar-refractivity contribution in [1.82, 2.24) is 0 Å². The van der Waals surface area contributed by atoms with Crippen LogP contribution in [0.15, 0.2) is 23.3 Å². The number of ether oxygens (including phenoxy) is 1. The van der Waals surface area contributed by atoms with Gasteiger partial charge in [-0.25, -0.2) is 4.79 Å². The average Bonchev–Trinajstić information content (AvgIpc) is 2.93. The van der Waals surface area contributed by atoms with Gasteiger partial charge in [0, 0.05) is 16.4 Å². The van der Waals surface area contributed by atoms with Crippen LogP contribution in [0.25, 0.3) is 0 Å². The number of fused-ring (bicyclic) bond motifs is 7. The van der Waals surface area contributed by atoms with Crippen LogP contribution in [0.5, 0.6) is 0 Å². The summed E-state index contributed by atoms with van der Waals surface area (Å²) >= 11 is 0. The quantitative estimate of drug-likeness (QED) is 0.185. The first-order valence-electron chi connectivity index (χ1n) is 16.2. The molecule has 5 rings (SSSR count). The van der Waals surface area contributed by atoms with Gasteiger partial charge in [-0.15, -0.1) is 0 Å². The Bertz CT molecular complexity index is 1160. The van der Waals surface area contributed by atoms with Crippen LogP contribution < -0.4 is 0 Å². The molecule has 4 unspecified atom stereocenters. The van der Waals surface area contributed by atoms with Crippen LogP contribution in [0.2, 0.25) is 0 Å². The Morgan fingerprint density at radius 1 is 0.952 bits per heavy atom.